The van der Waals surface area contributed by atoms with Gasteiger partial charge in [0.25, 0.3) is 0 Å². The Morgan fingerprint density at radius 1 is 1.08 bits per heavy atom. The van der Waals surface area contributed by atoms with Crippen molar-refractivity contribution in [3.63, 3.8) is 0 Å². The quantitative estimate of drug-likeness (QED) is 0.392. The third-order valence-electron chi connectivity index (χ3n) is 1.64. The Balaban J connectivity index is 3.28. The molecule has 0 fully saturated rings. The Morgan fingerprint density at radius 3 is 2.17 bits per heavy atom. The van der Waals surface area contributed by atoms with Crippen molar-refractivity contribution in [1.29, 1.82) is 0 Å². The standard InChI is InChI=1S/C9H9I3/c1-5(2)7-3-6(10)4-8(11)9(7)12/h3-5H,1-2H3. The topological polar surface area (TPSA) is 0 Å². The lowest BCUT2D eigenvalue weighted by Crippen LogP contribution is -1.95. The Bertz CT molecular complexity index is 292. The van der Waals surface area contributed by atoms with Gasteiger partial charge in [0.2, 0.25) is 0 Å². The minimum Gasteiger partial charge on any atom is -0.0586 e. The average Bonchev–Trinajstić information content (AvgIpc) is 1.96. The zero-order chi connectivity index (χ0) is 9.30. The third-order valence-corrected chi connectivity index (χ3v) is 5.35. The molecule has 3 heteroatoms. The molecular formula is C9H9I3. The highest BCUT2D eigenvalue weighted by Crippen LogP contribution is 2.27. The summed E-state index contributed by atoms with van der Waals surface area (Å²) in [5.74, 6) is 0.625. The average molecular weight is 498 g/mol. The molecule has 12 heavy (non-hydrogen) atoms. The Kier molecular flexibility index (Phi) is 4.56. The summed E-state index contributed by atoms with van der Waals surface area (Å²) in [4.78, 5) is 0. The van der Waals surface area contributed by atoms with E-state index in [1.54, 1.807) is 0 Å². The molecule has 0 spiro atoms. The van der Waals surface area contributed by atoms with Crippen LogP contribution in [-0.2, 0) is 0 Å². The molecule has 0 unspecified atom stereocenters. The zero-order valence-corrected chi connectivity index (χ0v) is 13.3. The normalized spacial score (nSPS) is 10.8. The number of halogens is 3. The van der Waals surface area contributed by atoms with Crippen LogP contribution in [0.3, 0.4) is 0 Å². The van der Waals surface area contributed by atoms with Crippen molar-refractivity contribution in [2.24, 2.45) is 0 Å². The van der Waals surface area contributed by atoms with Crippen LogP contribution in [0.1, 0.15) is 25.3 Å². The van der Waals surface area contributed by atoms with Crippen LogP contribution in [0.4, 0.5) is 0 Å². The molecule has 0 atom stereocenters. The number of rotatable bonds is 1. The van der Waals surface area contributed by atoms with Gasteiger partial charge in [0.05, 0.1) is 0 Å². The molecule has 0 amide bonds. The highest BCUT2D eigenvalue weighted by Gasteiger charge is 2.08. The van der Waals surface area contributed by atoms with Crippen molar-refractivity contribution in [1.82, 2.24) is 0 Å². The van der Waals surface area contributed by atoms with Gasteiger partial charge in [0, 0.05) is 10.7 Å². The van der Waals surface area contributed by atoms with E-state index in [4.69, 9.17) is 0 Å². The highest BCUT2D eigenvalue weighted by atomic mass is 127. The summed E-state index contributed by atoms with van der Waals surface area (Å²) in [7, 11) is 0. The van der Waals surface area contributed by atoms with Crippen LogP contribution >= 0.6 is 67.8 Å². The van der Waals surface area contributed by atoms with E-state index in [2.05, 4.69) is 93.8 Å². The molecule has 0 N–H and O–H groups in total. The van der Waals surface area contributed by atoms with Crippen molar-refractivity contribution in [2.45, 2.75) is 19.8 Å². The monoisotopic (exact) mass is 498 g/mol. The maximum absolute atomic E-state index is 2.43. The van der Waals surface area contributed by atoms with E-state index < -0.39 is 0 Å². The first kappa shape index (κ1) is 11.5. The van der Waals surface area contributed by atoms with Crippen LogP contribution in [0.25, 0.3) is 0 Å². The lowest BCUT2D eigenvalue weighted by molar-refractivity contribution is 0.857. The summed E-state index contributed by atoms with van der Waals surface area (Å²) >= 11 is 7.20. The van der Waals surface area contributed by atoms with Gasteiger partial charge in [-0.2, -0.15) is 0 Å². The van der Waals surface area contributed by atoms with Gasteiger partial charge in [-0.15, -0.1) is 0 Å². The minimum absolute atomic E-state index is 0.625. The number of hydrogen-bond acceptors (Lipinski definition) is 0. The molecule has 0 saturated heterocycles. The molecule has 1 aromatic carbocycles. The van der Waals surface area contributed by atoms with Gasteiger partial charge in [0.15, 0.2) is 0 Å². The highest BCUT2D eigenvalue weighted by molar-refractivity contribution is 14.1. The Labute approximate surface area is 114 Å². The molecule has 0 aromatic heterocycles. The first-order valence-corrected chi connectivity index (χ1v) is 6.90. The fourth-order valence-corrected chi connectivity index (χ4v) is 3.82. The summed E-state index contributed by atoms with van der Waals surface area (Å²) in [5.41, 5.74) is 1.46. The Morgan fingerprint density at radius 2 is 1.67 bits per heavy atom. The molecular weight excluding hydrogens is 489 g/mol. The van der Waals surface area contributed by atoms with Crippen LogP contribution < -0.4 is 0 Å². The second-order valence-corrected chi connectivity index (χ2v) is 6.43. The maximum Gasteiger partial charge on any atom is 0.0299 e. The van der Waals surface area contributed by atoms with Gasteiger partial charge in [0.1, 0.15) is 0 Å². The largest absolute Gasteiger partial charge is 0.0586 e. The van der Waals surface area contributed by atoms with Crippen molar-refractivity contribution in [3.8, 4) is 0 Å². The maximum atomic E-state index is 2.43. The van der Waals surface area contributed by atoms with Crippen molar-refractivity contribution in [3.05, 3.63) is 28.4 Å². The number of hydrogen-bond donors (Lipinski definition) is 0. The van der Waals surface area contributed by atoms with Gasteiger partial charge in [-0.25, -0.2) is 0 Å². The molecule has 1 aromatic rings. The molecule has 1 rings (SSSR count). The van der Waals surface area contributed by atoms with Crippen LogP contribution in [0.2, 0.25) is 0 Å². The van der Waals surface area contributed by atoms with Crippen molar-refractivity contribution < 1.29 is 0 Å². The fourth-order valence-electron chi connectivity index (χ4n) is 0.996. The van der Waals surface area contributed by atoms with Crippen molar-refractivity contribution in [2.75, 3.05) is 0 Å². The van der Waals surface area contributed by atoms with Gasteiger partial charge in [-0.05, 0) is 91.4 Å². The minimum atomic E-state index is 0.625. The molecule has 0 bridgehead atoms. The molecule has 66 valence electrons. The van der Waals surface area contributed by atoms with Gasteiger partial charge < -0.3 is 0 Å². The first-order valence-electron chi connectivity index (χ1n) is 3.67. The summed E-state index contributed by atoms with van der Waals surface area (Å²) in [5, 5.41) is 0. The second kappa shape index (κ2) is 4.77. The van der Waals surface area contributed by atoms with Crippen LogP contribution in [0.5, 0.6) is 0 Å². The smallest absolute Gasteiger partial charge is 0.0299 e. The van der Waals surface area contributed by atoms with Crippen LogP contribution in [-0.4, -0.2) is 0 Å². The van der Waals surface area contributed by atoms with Gasteiger partial charge in [-0.1, -0.05) is 13.8 Å². The summed E-state index contributed by atoms with van der Waals surface area (Å²) < 4.78 is 4.11. The summed E-state index contributed by atoms with van der Waals surface area (Å²) in [6, 6.07) is 4.49. The predicted octanol–water partition coefficient (Wildman–Crippen LogP) is 4.62. The molecule has 0 aliphatic heterocycles. The third kappa shape index (κ3) is 2.70. The number of benzene rings is 1. The van der Waals surface area contributed by atoms with E-state index in [0.29, 0.717) is 5.92 Å². The summed E-state index contributed by atoms with van der Waals surface area (Å²) in [6.07, 6.45) is 0. The SMILES string of the molecule is CC(C)c1cc(I)cc(I)c1I. The first-order chi connectivity index (χ1) is 5.52. The van der Waals surface area contributed by atoms with Crippen LogP contribution in [0.15, 0.2) is 12.1 Å². The van der Waals surface area contributed by atoms with E-state index in [1.807, 2.05) is 0 Å². The molecule has 0 aliphatic rings. The molecule has 0 nitrogen and oxygen atoms in total. The molecule has 0 radical (unpaired) electrons. The van der Waals surface area contributed by atoms with Gasteiger partial charge >= 0.3 is 0 Å². The molecule has 0 aliphatic carbocycles. The van der Waals surface area contributed by atoms with E-state index in [-0.39, 0.29) is 0 Å². The van der Waals surface area contributed by atoms with Gasteiger partial charge in [-0.3, -0.25) is 0 Å². The van der Waals surface area contributed by atoms with E-state index in [1.165, 1.54) is 16.3 Å². The molecule has 0 heterocycles. The summed E-state index contributed by atoms with van der Waals surface area (Å²) in [6.45, 7) is 4.48. The lowest BCUT2D eigenvalue weighted by Gasteiger charge is -2.10. The van der Waals surface area contributed by atoms with Crippen molar-refractivity contribution >= 4 is 67.8 Å². The van der Waals surface area contributed by atoms with E-state index in [0.717, 1.165) is 0 Å². The molecule has 0 saturated carbocycles. The predicted molar refractivity (Wildman–Crippen MR) is 78.7 cm³/mol. The van der Waals surface area contributed by atoms with Crippen LogP contribution in [0, 0.1) is 10.7 Å². The van der Waals surface area contributed by atoms with E-state index in [9.17, 15) is 0 Å². The zero-order valence-electron chi connectivity index (χ0n) is 6.87. The Hall–Kier alpha value is 1.41. The van der Waals surface area contributed by atoms with E-state index >= 15 is 0 Å². The fraction of sp³-hybridized carbons (Fsp3) is 0.333. The lowest BCUT2D eigenvalue weighted by atomic mass is 10.0. The second-order valence-electron chi connectivity index (χ2n) is 2.95.